The van der Waals surface area contributed by atoms with Crippen molar-refractivity contribution < 1.29 is 31.4 Å². The molecule has 0 aliphatic heterocycles. The van der Waals surface area contributed by atoms with Crippen LogP contribution < -0.4 is 0 Å². The molecule has 208 valence electrons. The summed E-state index contributed by atoms with van der Waals surface area (Å²) in [6.45, 7) is 8.75. The van der Waals surface area contributed by atoms with Gasteiger partial charge in [-0.25, -0.2) is 0 Å². The maximum atomic E-state index is 6.03. The number of allylic oxidation sites excluding steroid dienone is 12. The summed E-state index contributed by atoms with van der Waals surface area (Å²) in [6, 6.07) is 0. The van der Waals surface area contributed by atoms with Crippen LogP contribution in [0.1, 0.15) is 105 Å². The van der Waals surface area contributed by atoms with Crippen LogP contribution in [0.3, 0.4) is 0 Å². The molecular formula is C32H52O4Ti. The van der Waals surface area contributed by atoms with Gasteiger partial charge in [0.2, 0.25) is 0 Å². The zero-order valence-corrected chi connectivity index (χ0v) is 25.4. The minimum absolute atomic E-state index is 1.05. The molecule has 0 spiro atoms. The molecule has 0 aromatic heterocycles. The molecule has 0 aliphatic rings. The van der Waals surface area contributed by atoms with E-state index in [1.807, 2.05) is 48.6 Å². The van der Waals surface area contributed by atoms with E-state index in [0.717, 1.165) is 25.7 Å². The third-order valence-electron chi connectivity index (χ3n) is 5.05. The normalized spacial score (nSPS) is 13.3. The second kappa shape index (κ2) is 28.4. The summed E-state index contributed by atoms with van der Waals surface area (Å²) in [5.41, 5.74) is 0. The van der Waals surface area contributed by atoms with Crippen molar-refractivity contribution >= 4 is 0 Å². The Balaban J connectivity index is 5.52. The topological polar surface area (TPSA) is 36.9 Å². The van der Waals surface area contributed by atoms with Gasteiger partial charge >= 0.3 is 234 Å². The maximum absolute atomic E-state index is 6.03. The van der Waals surface area contributed by atoms with Gasteiger partial charge in [0.25, 0.3) is 0 Å². The van der Waals surface area contributed by atoms with Gasteiger partial charge in [0, 0.05) is 0 Å². The molecule has 0 atom stereocenters. The van der Waals surface area contributed by atoms with Crippen LogP contribution in [0.2, 0.25) is 0 Å². The van der Waals surface area contributed by atoms with Gasteiger partial charge in [0.05, 0.1) is 0 Å². The van der Waals surface area contributed by atoms with E-state index >= 15 is 0 Å². The first-order valence-corrected chi connectivity index (χ1v) is 16.8. The number of hydrogen-bond donors (Lipinski definition) is 0. The van der Waals surface area contributed by atoms with Gasteiger partial charge in [-0.2, -0.15) is 0 Å². The van der Waals surface area contributed by atoms with Crippen molar-refractivity contribution in [1.29, 1.82) is 0 Å². The predicted octanol–water partition coefficient (Wildman–Crippen LogP) is 10.9. The van der Waals surface area contributed by atoms with E-state index in [2.05, 4.69) is 52.0 Å². The van der Waals surface area contributed by atoms with Gasteiger partial charge < -0.3 is 0 Å². The van der Waals surface area contributed by atoms with E-state index in [4.69, 9.17) is 13.3 Å². The second-order valence-corrected chi connectivity index (χ2v) is 11.6. The number of rotatable bonds is 24. The molecule has 0 unspecified atom stereocenters. The van der Waals surface area contributed by atoms with Crippen molar-refractivity contribution in [2.75, 3.05) is 0 Å². The van der Waals surface area contributed by atoms with Crippen LogP contribution in [-0.2, 0) is 31.4 Å². The molecule has 0 amide bonds. The Labute approximate surface area is 233 Å². The van der Waals surface area contributed by atoms with Crippen LogP contribution in [0.15, 0.2) is 98.0 Å². The van der Waals surface area contributed by atoms with Crippen molar-refractivity contribution in [1.82, 2.24) is 0 Å². The molecule has 5 heteroatoms. The Morgan fingerprint density at radius 3 is 0.838 bits per heavy atom. The standard InChI is InChI=1S/4C8H14O.Ti/c4*1-2-3-4-5-6-7-8-9;/h4*5-9H,2-4H2,1H3;/q;;;;+4/p-4/b4*6-5+,8-7+;. The van der Waals surface area contributed by atoms with E-state index in [-0.39, 0.29) is 0 Å². The zero-order chi connectivity index (χ0) is 27.1. The molecule has 0 bridgehead atoms. The first kappa shape index (κ1) is 34.8. The molecule has 0 rings (SSSR count). The third-order valence-corrected chi connectivity index (χ3v) is 7.70. The molecule has 0 aromatic rings. The van der Waals surface area contributed by atoms with Crippen molar-refractivity contribution in [3.63, 3.8) is 0 Å². The molecule has 4 nitrogen and oxygen atoms in total. The van der Waals surface area contributed by atoms with Gasteiger partial charge in [-0.05, 0) is 0 Å². The van der Waals surface area contributed by atoms with Gasteiger partial charge in [-0.1, -0.05) is 0 Å². The van der Waals surface area contributed by atoms with E-state index in [0.29, 0.717) is 0 Å². The summed E-state index contributed by atoms with van der Waals surface area (Å²) in [7, 11) is 0. The van der Waals surface area contributed by atoms with Gasteiger partial charge in [0.1, 0.15) is 0 Å². The van der Waals surface area contributed by atoms with Gasteiger partial charge in [0.15, 0.2) is 0 Å². The molecule has 0 radical (unpaired) electrons. The van der Waals surface area contributed by atoms with E-state index in [9.17, 15) is 0 Å². The molecule has 0 saturated heterocycles. The Morgan fingerprint density at radius 1 is 0.378 bits per heavy atom. The summed E-state index contributed by atoms with van der Waals surface area (Å²) in [5, 5.41) is 0. The third kappa shape index (κ3) is 24.0. The summed E-state index contributed by atoms with van der Waals surface area (Å²) in [5.74, 6) is 0. The fourth-order valence-electron chi connectivity index (χ4n) is 2.83. The van der Waals surface area contributed by atoms with Crippen LogP contribution in [0, 0.1) is 0 Å². The fraction of sp³-hybridized carbons (Fsp3) is 0.500. The van der Waals surface area contributed by atoms with Gasteiger partial charge in [-0.15, -0.1) is 0 Å². The molecule has 0 aliphatic carbocycles. The van der Waals surface area contributed by atoms with Crippen LogP contribution in [0.25, 0.3) is 0 Å². The van der Waals surface area contributed by atoms with Gasteiger partial charge in [-0.3, -0.25) is 0 Å². The molecule has 37 heavy (non-hydrogen) atoms. The summed E-state index contributed by atoms with van der Waals surface area (Å²) in [6.07, 6.45) is 43.8. The Kier molecular flexibility index (Phi) is 26.7. The Hall–Kier alpha value is -2.17. The summed E-state index contributed by atoms with van der Waals surface area (Å²) in [4.78, 5) is 0. The Bertz CT molecular complexity index is 604. The molecule has 0 heterocycles. The van der Waals surface area contributed by atoms with Crippen molar-refractivity contribution in [3.05, 3.63) is 98.0 Å². The quantitative estimate of drug-likeness (QED) is 0.0520. The molecule has 0 saturated carbocycles. The van der Waals surface area contributed by atoms with E-state index in [1.54, 1.807) is 25.0 Å². The zero-order valence-electron chi connectivity index (χ0n) is 23.9. The molecular weight excluding hydrogens is 496 g/mol. The van der Waals surface area contributed by atoms with Crippen LogP contribution in [0.4, 0.5) is 0 Å². The van der Waals surface area contributed by atoms with Crippen LogP contribution >= 0.6 is 0 Å². The van der Waals surface area contributed by atoms with E-state index < -0.39 is 18.1 Å². The number of hydrogen-bond acceptors (Lipinski definition) is 4. The molecule has 0 N–H and O–H groups in total. The van der Waals surface area contributed by atoms with Crippen molar-refractivity contribution in [2.24, 2.45) is 0 Å². The molecule has 0 aromatic carbocycles. The SMILES string of the molecule is CCCC/C=C/C=C/[O][Ti]([O]/C=C/C=C/CCCC)([O]/C=C/C=C/CCCC)[O]/C=C/C=C/CCCC. The average Bonchev–Trinajstić information content (AvgIpc) is 2.91. The molecule has 0 fully saturated rings. The summed E-state index contributed by atoms with van der Waals surface area (Å²) < 4.78 is 24.1. The first-order valence-electron chi connectivity index (χ1n) is 14.2. The predicted molar refractivity (Wildman–Crippen MR) is 156 cm³/mol. The van der Waals surface area contributed by atoms with Crippen LogP contribution in [0.5, 0.6) is 0 Å². The second-order valence-electron chi connectivity index (χ2n) is 8.57. The summed E-state index contributed by atoms with van der Waals surface area (Å²) >= 11 is -4.20. The average molecular weight is 549 g/mol. The van der Waals surface area contributed by atoms with Crippen molar-refractivity contribution in [2.45, 2.75) is 105 Å². The Morgan fingerprint density at radius 2 is 0.622 bits per heavy atom. The fourth-order valence-corrected chi connectivity index (χ4v) is 4.88. The van der Waals surface area contributed by atoms with Crippen LogP contribution in [-0.4, -0.2) is 0 Å². The van der Waals surface area contributed by atoms with E-state index in [1.165, 1.54) is 51.4 Å². The van der Waals surface area contributed by atoms with Crippen molar-refractivity contribution in [3.8, 4) is 0 Å². The number of unbranched alkanes of at least 4 members (excludes halogenated alkanes) is 8. The monoisotopic (exact) mass is 548 g/mol. The minimum atomic E-state index is -4.20. The first-order chi connectivity index (χ1) is 18.2.